The van der Waals surface area contributed by atoms with E-state index < -0.39 is 10.0 Å². The highest BCUT2D eigenvalue weighted by Gasteiger charge is 2.17. The normalized spacial score (nSPS) is 11.7. The highest BCUT2D eigenvalue weighted by atomic mass is 32.2. The number of nitrogens with one attached hydrogen (secondary N) is 2. The molecule has 1 aromatic heterocycles. The monoisotopic (exact) mass is 317 g/mol. The van der Waals surface area contributed by atoms with Gasteiger partial charge in [0.05, 0.1) is 11.0 Å². The second kappa shape index (κ2) is 5.78. The Balaban J connectivity index is 1.94. The lowest BCUT2D eigenvalue weighted by Crippen LogP contribution is -2.24. The average Bonchev–Trinajstić information content (AvgIpc) is 2.92. The van der Waals surface area contributed by atoms with E-state index in [2.05, 4.69) is 14.7 Å². The molecular formula is C15H15N3O3S. The highest BCUT2D eigenvalue weighted by molar-refractivity contribution is 7.89. The van der Waals surface area contributed by atoms with Gasteiger partial charge in [-0.25, -0.2) is 18.1 Å². The van der Waals surface area contributed by atoms with Crippen molar-refractivity contribution in [2.24, 2.45) is 0 Å². The number of sulfonamides is 1. The van der Waals surface area contributed by atoms with Crippen LogP contribution in [-0.2, 0) is 10.0 Å². The first-order valence-electron chi connectivity index (χ1n) is 6.81. The molecule has 0 fully saturated rings. The maximum absolute atomic E-state index is 11.9. The molecule has 6 nitrogen and oxygen atoms in total. The lowest BCUT2D eigenvalue weighted by Gasteiger charge is -2.04. The fourth-order valence-corrected chi connectivity index (χ4v) is 3.02. The molecule has 3 rings (SSSR count). The quantitative estimate of drug-likeness (QED) is 0.757. The maximum atomic E-state index is 11.9. The van der Waals surface area contributed by atoms with Crippen LogP contribution in [0, 0.1) is 0 Å². The van der Waals surface area contributed by atoms with Gasteiger partial charge in [-0.15, -0.1) is 0 Å². The molecule has 114 valence electrons. The summed E-state index contributed by atoms with van der Waals surface area (Å²) in [4.78, 5) is 6.91. The van der Waals surface area contributed by atoms with E-state index in [0.29, 0.717) is 29.1 Å². The van der Waals surface area contributed by atoms with Gasteiger partial charge in [-0.2, -0.15) is 0 Å². The van der Waals surface area contributed by atoms with Crippen molar-refractivity contribution in [2.75, 3.05) is 6.54 Å². The third-order valence-corrected chi connectivity index (χ3v) is 4.37. The molecule has 0 saturated heterocycles. The molecule has 1 heterocycles. The Labute approximate surface area is 128 Å². The number of ether oxygens (including phenoxy) is 1. The third-order valence-electron chi connectivity index (χ3n) is 3.00. The molecule has 0 spiro atoms. The van der Waals surface area contributed by atoms with Gasteiger partial charge in [0.15, 0.2) is 0 Å². The molecule has 7 heteroatoms. The number of benzene rings is 2. The molecule has 0 atom stereocenters. The summed E-state index contributed by atoms with van der Waals surface area (Å²) < 4.78 is 32.0. The van der Waals surface area contributed by atoms with E-state index in [1.165, 1.54) is 0 Å². The van der Waals surface area contributed by atoms with Crippen molar-refractivity contribution in [1.29, 1.82) is 0 Å². The summed E-state index contributed by atoms with van der Waals surface area (Å²) in [5.74, 6) is 1.30. The van der Waals surface area contributed by atoms with Crippen LogP contribution in [0.5, 0.6) is 11.5 Å². The molecule has 3 aromatic rings. The summed E-state index contributed by atoms with van der Waals surface area (Å²) in [6.45, 7) is 2.02. The van der Waals surface area contributed by atoms with Crippen LogP contribution in [0.4, 0.5) is 0 Å². The number of para-hydroxylation sites is 1. The van der Waals surface area contributed by atoms with Crippen molar-refractivity contribution in [1.82, 2.24) is 14.7 Å². The summed E-state index contributed by atoms with van der Waals surface area (Å²) in [6, 6.07) is 14.5. The summed E-state index contributed by atoms with van der Waals surface area (Å²) in [6.07, 6.45) is 0. The van der Waals surface area contributed by atoms with Crippen LogP contribution in [0.1, 0.15) is 6.92 Å². The fourth-order valence-electron chi connectivity index (χ4n) is 2.04. The number of rotatable bonds is 5. The van der Waals surface area contributed by atoms with E-state index >= 15 is 0 Å². The van der Waals surface area contributed by atoms with Crippen LogP contribution in [0.25, 0.3) is 11.0 Å². The largest absolute Gasteiger partial charge is 0.457 e. The van der Waals surface area contributed by atoms with Gasteiger partial charge >= 0.3 is 0 Å². The topological polar surface area (TPSA) is 84.1 Å². The number of imidazole rings is 1. The minimum Gasteiger partial charge on any atom is -0.457 e. The number of H-pyrrole nitrogens is 1. The molecule has 0 aliphatic rings. The first-order chi connectivity index (χ1) is 10.6. The fraction of sp³-hybridized carbons (Fsp3) is 0.133. The van der Waals surface area contributed by atoms with Crippen LogP contribution in [0.2, 0.25) is 0 Å². The van der Waals surface area contributed by atoms with Gasteiger partial charge in [-0.3, -0.25) is 0 Å². The molecule has 0 amide bonds. The Hall–Kier alpha value is -2.38. The number of aromatic nitrogens is 2. The Kier molecular flexibility index (Phi) is 3.82. The minimum absolute atomic E-state index is 0.0961. The van der Waals surface area contributed by atoms with Gasteiger partial charge in [0.25, 0.3) is 10.0 Å². The van der Waals surface area contributed by atoms with E-state index in [4.69, 9.17) is 4.74 Å². The predicted octanol–water partition coefficient (Wildman–Crippen LogP) is 2.65. The van der Waals surface area contributed by atoms with E-state index in [1.54, 1.807) is 25.1 Å². The Morgan fingerprint density at radius 2 is 1.91 bits per heavy atom. The molecule has 0 unspecified atom stereocenters. The smallest absolute Gasteiger partial charge is 0.274 e. The predicted molar refractivity (Wildman–Crippen MR) is 83.5 cm³/mol. The van der Waals surface area contributed by atoms with E-state index in [1.807, 2.05) is 30.3 Å². The molecular weight excluding hydrogens is 302 g/mol. The summed E-state index contributed by atoms with van der Waals surface area (Å²) in [7, 11) is -3.60. The van der Waals surface area contributed by atoms with Gasteiger partial charge < -0.3 is 9.72 Å². The van der Waals surface area contributed by atoms with E-state index in [9.17, 15) is 8.42 Å². The second-order valence-corrected chi connectivity index (χ2v) is 6.32. The van der Waals surface area contributed by atoms with Gasteiger partial charge in [0.1, 0.15) is 11.5 Å². The summed E-state index contributed by atoms with van der Waals surface area (Å²) in [5, 5.41) is -0.0961. The third kappa shape index (κ3) is 2.95. The molecule has 2 N–H and O–H groups in total. The van der Waals surface area contributed by atoms with Gasteiger partial charge in [-0.1, -0.05) is 25.1 Å². The molecule has 22 heavy (non-hydrogen) atoms. The van der Waals surface area contributed by atoms with E-state index in [-0.39, 0.29) is 5.16 Å². The molecule has 0 bridgehead atoms. The molecule has 0 saturated carbocycles. The standard InChI is InChI=1S/C15H15N3O3S/c1-2-16-22(19,20)15-17-13-9-8-12(10-14(13)18-15)21-11-6-4-3-5-7-11/h3-10,16H,2H2,1H3,(H,17,18). The molecule has 2 aromatic carbocycles. The van der Waals surface area contributed by atoms with Gasteiger partial charge in [0.2, 0.25) is 5.16 Å². The summed E-state index contributed by atoms with van der Waals surface area (Å²) >= 11 is 0. The SMILES string of the molecule is CCNS(=O)(=O)c1nc2cc(Oc3ccccc3)ccc2[nH]1. The number of hydrogen-bond acceptors (Lipinski definition) is 4. The maximum Gasteiger partial charge on any atom is 0.274 e. The highest BCUT2D eigenvalue weighted by Crippen LogP contribution is 2.25. The van der Waals surface area contributed by atoms with Crippen molar-refractivity contribution in [3.8, 4) is 11.5 Å². The number of fused-ring (bicyclic) bond motifs is 1. The second-order valence-electron chi connectivity index (χ2n) is 4.64. The van der Waals surface area contributed by atoms with Crippen LogP contribution >= 0.6 is 0 Å². The van der Waals surface area contributed by atoms with Crippen LogP contribution in [-0.4, -0.2) is 24.9 Å². The summed E-state index contributed by atoms with van der Waals surface area (Å²) in [5.41, 5.74) is 1.17. The lowest BCUT2D eigenvalue weighted by molar-refractivity contribution is 0.483. The molecule has 0 radical (unpaired) electrons. The van der Waals surface area contributed by atoms with Gasteiger partial charge in [0, 0.05) is 12.6 Å². The zero-order chi connectivity index (χ0) is 15.6. The van der Waals surface area contributed by atoms with Crippen molar-refractivity contribution >= 4 is 21.1 Å². The number of nitrogens with zero attached hydrogens (tertiary/aromatic N) is 1. The van der Waals surface area contributed by atoms with E-state index in [0.717, 1.165) is 0 Å². The Morgan fingerprint density at radius 3 is 2.64 bits per heavy atom. The first-order valence-corrected chi connectivity index (χ1v) is 8.29. The zero-order valence-electron chi connectivity index (χ0n) is 11.9. The van der Waals surface area contributed by atoms with Crippen molar-refractivity contribution in [3.05, 3.63) is 48.5 Å². The Morgan fingerprint density at radius 1 is 1.14 bits per heavy atom. The molecule has 0 aliphatic carbocycles. The molecule has 0 aliphatic heterocycles. The average molecular weight is 317 g/mol. The van der Waals surface area contributed by atoms with Crippen molar-refractivity contribution < 1.29 is 13.2 Å². The van der Waals surface area contributed by atoms with Crippen LogP contribution in [0.15, 0.2) is 53.7 Å². The Bertz CT molecular complexity index is 889. The minimum atomic E-state index is -3.60. The first kappa shape index (κ1) is 14.6. The number of hydrogen-bond donors (Lipinski definition) is 2. The van der Waals surface area contributed by atoms with Crippen molar-refractivity contribution in [3.63, 3.8) is 0 Å². The number of aromatic amines is 1. The lowest BCUT2D eigenvalue weighted by atomic mass is 10.3. The van der Waals surface area contributed by atoms with Crippen LogP contribution < -0.4 is 9.46 Å². The zero-order valence-corrected chi connectivity index (χ0v) is 12.7. The van der Waals surface area contributed by atoms with Crippen molar-refractivity contribution in [2.45, 2.75) is 12.1 Å². The van der Waals surface area contributed by atoms with Gasteiger partial charge in [-0.05, 0) is 24.3 Å². The van der Waals surface area contributed by atoms with Crippen LogP contribution in [0.3, 0.4) is 0 Å².